The van der Waals surface area contributed by atoms with Gasteiger partial charge >= 0.3 is 0 Å². The van der Waals surface area contributed by atoms with Crippen LogP contribution in [0.15, 0.2) is 42.7 Å². The normalized spacial score (nSPS) is 13.7. The molecule has 0 radical (unpaired) electrons. The van der Waals surface area contributed by atoms with Crippen molar-refractivity contribution >= 4 is 5.82 Å². The van der Waals surface area contributed by atoms with E-state index in [1.54, 1.807) is 24.5 Å². The van der Waals surface area contributed by atoms with Crippen molar-refractivity contribution in [2.45, 2.75) is 13.5 Å². The van der Waals surface area contributed by atoms with Gasteiger partial charge in [-0.3, -0.25) is 9.97 Å². The van der Waals surface area contributed by atoms with Crippen LogP contribution in [0.4, 0.5) is 5.82 Å². The summed E-state index contributed by atoms with van der Waals surface area (Å²) in [5, 5.41) is 9.34. The lowest BCUT2D eigenvalue weighted by molar-refractivity contribution is 0.122. The zero-order valence-corrected chi connectivity index (χ0v) is 16.7. The van der Waals surface area contributed by atoms with E-state index in [1.165, 1.54) is 0 Å². The molecule has 2 N–H and O–H groups in total. The molecule has 152 valence electrons. The molecule has 30 heavy (non-hydrogen) atoms. The number of aryl methyl sites for hydroxylation is 1. The minimum atomic E-state index is 0.324. The van der Waals surface area contributed by atoms with E-state index in [9.17, 15) is 5.26 Å². The Morgan fingerprint density at radius 1 is 1.17 bits per heavy atom. The Hall–Kier alpha value is -3.54. The van der Waals surface area contributed by atoms with Gasteiger partial charge in [-0.15, -0.1) is 0 Å². The quantitative estimate of drug-likeness (QED) is 0.694. The third-order valence-corrected chi connectivity index (χ3v) is 4.78. The number of hydrogen-bond donors (Lipinski definition) is 1. The molecule has 0 amide bonds. The largest absolute Gasteiger partial charge is 0.456 e. The lowest BCUT2D eigenvalue weighted by atomic mass is 10.1. The fraction of sp³-hybridized carbons (Fsp3) is 0.273. The number of benzene rings is 1. The first-order chi connectivity index (χ1) is 14.7. The molecular formula is C22H22N6O2. The molecule has 0 unspecified atom stereocenters. The van der Waals surface area contributed by atoms with E-state index >= 15 is 0 Å². The van der Waals surface area contributed by atoms with Gasteiger partial charge in [0.15, 0.2) is 0 Å². The van der Waals surface area contributed by atoms with Gasteiger partial charge in [0.2, 0.25) is 0 Å². The molecule has 3 aromatic rings. The van der Waals surface area contributed by atoms with E-state index in [4.69, 9.17) is 15.2 Å². The van der Waals surface area contributed by atoms with Gasteiger partial charge in [0.05, 0.1) is 48.6 Å². The fourth-order valence-electron chi connectivity index (χ4n) is 3.25. The third kappa shape index (κ3) is 4.38. The first kappa shape index (κ1) is 19.8. The topological polar surface area (TPSA) is 110 Å². The average molecular weight is 402 g/mol. The van der Waals surface area contributed by atoms with Gasteiger partial charge in [-0.25, -0.2) is 4.98 Å². The SMILES string of the molecule is Cc1cc(Oc2cc(C#N)ccc2-c2cnc(CN)cn2)cc(N2CCOCC2)n1. The summed E-state index contributed by atoms with van der Waals surface area (Å²) in [6.45, 7) is 5.18. The van der Waals surface area contributed by atoms with Gasteiger partial charge in [-0.1, -0.05) is 0 Å². The molecule has 0 saturated carbocycles. The van der Waals surface area contributed by atoms with Gasteiger partial charge < -0.3 is 20.1 Å². The number of nitriles is 1. The van der Waals surface area contributed by atoms with Gasteiger partial charge in [0.1, 0.15) is 17.3 Å². The molecule has 1 fully saturated rings. The zero-order chi connectivity index (χ0) is 20.9. The summed E-state index contributed by atoms with van der Waals surface area (Å²) in [6.07, 6.45) is 3.30. The van der Waals surface area contributed by atoms with Crippen LogP contribution >= 0.6 is 0 Å². The fourth-order valence-corrected chi connectivity index (χ4v) is 3.25. The minimum absolute atomic E-state index is 0.324. The molecule has 3 heterocycles. The molecular weight excluding hydrogens is 380 g/mol. The van der Waals surface area contributed by atoms with E-state index in [2.05, 4.69) is 25.9 Å². The summed E-state index contributed by atoms with van der Waals surface area (Å²) >= 11 is 0. The number of aromatic nitrogens is 3. The van der Waals surface area contributed by atoms with Crippen molar-refractivity contribution in [2.75, 3.05) is 31.2 Å². The third-order valence-electron chi connectivity index (χ3n) is 4.78. The van der Waals surface area contributed by atoms with E-state index in [1.807, 2.05) is 25.1 Å². The van der Waals surface area contributed by atoms with Crippen molar-refractivity contribution < 1.29 is 9.47 Å². The van der Waals surface area contributed by atoms with Gasteiger partial charge in [-0.2, -0.15) is 5.26 Å². The van der Waals surface area contributed by atoms with Crippen molar-refractivity contribution in [3.05, 3.63) is 59.7 Å². The highest BCUT2D eigenvalue weighted by Gasteiger charge is 2.16. The number of morpholine rings is 1. The zero-order valence-electron chi connectivity index (χ0n) is 16.7. The minimum Gasteiger partial charge on any atom is -0.456 e. The number of anilines is 1. The first-order valence-electron chi connectivity index (χ1n) is 9.71. The number of nitrogens with two attached hydrogens (primary N) is 1. The van der Waals surface area contributed by atoms with Crippen LogP contribution in [-0.4, -0.2) is 41.3 Å². The first-order valence-corrected chi connectivity index (χ1v) is 9.71. The Morgan fingerprint density at radius 3 is 2.70 bits per heavy atom. The Bertz CT molecular complexity index is 1070. The summed E-state index contributed by atoms with van der Waals surface area (Å²) in [5.74, 6) is 2.02. The van der Waals surface area contributed by atoms with Crippen molar-refractivity contribution in [2.24, 2.45) is 5.73 Å². The number of nitrogens with zero attached hydrogens (tertiary/aromatic N) is 5. The Labute approximate surface area is 174 Å². The van der Waals surface area contributed by atoms with Gasteiger partial charge in [0.25, 0.3) is 0 Å². The van der Waals surface area contributed by atoms with Crippen molar-refractivity contribution in [1.82, 2.24) is 15.0 Å². The Balaban J connectivity index is 1.69. The molecule has 0 atom stereocenters. The molecule has 0 spiro atoms. The summed E-state index contributed by atoms with van der Waals surface area (Å²) in [7, 11) is 0. The number of pyridine rings is 1. The van der Waals surface area contributed by atoms with Crippen molar-refractivity contribution in [3.63, 3.8) is 0 Å². The van der Waals surface area contributed by atoms with Crippen LogP contribution in [0.5, 0.6) is 11.5 Å². The van der Waals surface area contributed by atoms with E-state index in [0.29, 0.717) is 48.2 Å². The van der Waals surface area contributed by atoms with Crippen LogP contribution in [0.2, 0.25) is 0 Å². The molecule has 4 rings (SSSR count). The van der Waals surface area contributed by atoms with Crippen LogP contribution in [0.3, 0.4) is 0 Å². The predicted octanol–water partition coefficient (Wildman–Crippen LogP) is 2.81. The predicted molar refractivity (Wildman–Crippen MR) is 112 cm³/mol. The molecule has 0 aliphatic carbocycles. The second-order valence-electron chi connectivity index (χ2n) is 6.92. The second kappa shape index (κ2) is 8.86. The average Bonchev–Trinajstić information content (AvgIpc) is 2.79. The van der Waals surface area contributed by atoms with Crippen LogP contribution in [0, 0.1) is 18.3 Å². The molecule has 0 bridgehead atoms. The standard InChI is InChI=1S/C22H22N6O2/c1-15-8-18(10-22(27-15)28-4-6-29-7-5-28)30-21-9-16(11-23)2-3-19(21)20-14-25-17(12-24)13-26-20/h2-3,8-10,13-14H,4-7,12,24H2,1H3. The molecule has 1 aliphatic heterocycles. The highest BCUT2D eigenvalue weighted by Crippen LogP contribution is 2.34. The maximum absolute atomic E-state index is 9.34. The second-order valence-corrected chi connectivity index (χ2v) is 6.92. The molecule has 1 aromatic carbocycles. The summed E-state index contributed by atoms with van der Waals surface area (Å²) in [4.78, 5) is 15.6. The smallest absolute Gasteiger partial charge is 0.138 e. The van der Waals surface area contributed by atoms with E-state index < -0.39 is 0 Å². The molecule has 1 saturated heterocycles. The highest BCUT2D eigenvalue weighted by molar-refractivity contribution is 5.68. The Morgan fingerprint density at radius 2 is 2.00 bits per heavy atom. The maximum atomic E-state index is 9.34. The monoisotopic (exact) mass is 402 g/mol. The van der Waals surface area contributed by atoms with E-state index in [-0.39, 0.29) is 0 Å². The maximum Gasteiger partial charge on any atom is 0.138 e. The lowest BCUT2D eigenvalue weighted by Crippen LogP contribution is -2.36. The number of hydrogen-bond acceptors (Lipinski definition) is 8. The molecule has 8 nitrogen and oxygen atoms in total. The summed E-state index contributed by atoms with van der Waals surface area (Å²) < 4.78 is 11.7. The van der Waals surface area contributed by atoms with E-state index in [0.717, 1.165) is 30.2 Å². The molecule has 1 aliphatic rings. The van der Waals surface area contributed by atoms with Crippen LogP contribution in [0.1, 0.15) is 17.0 Å². The Kier molecular flexibility index (Phi) is 5.84. The van der Waals surface area contributed by atoms with Crippen LogP contribution in [0.25, 0.3) is 11.3 Å². The van der Waals surface area contributed by atoms with Gasteiger partial charge in [-0.05, 0) is 25.1 Å². The molecule has 2 aromatic heterocycles. The number of rotatable bonds is 5. The van der Waals surface area contributed by atoms with Gasteiger partial charge in [0, 0.05) is 43.0 Å². The van der Waals surface area contributed by atoms with Crippen LogP contribution in [-0.2, 0) is 11.3 Å². The number of ether oxygens (including phenoxy) is 2. The van der Waals surface area contributed by atoms with Crippen molar-refractivity contribution in [3.8, 4) is 28.8 Å². The lowest BCUT2D eigenvalue weighted by Gasteiger charge is -2.28. The summed E-state index contributed by atoms with van der Waals surface area (Å²) in [5.41, 5.74) is 9.05. The highest BCUT2D eigenvalue weighted by atomic mass is 16.5. The van der Waals surface area contributed by atoms with Crippen molar-refractivity contribution in [1.29, 1.82) is 5.26 Å². The summed E-state index contributed by atoms with van der Waals surface area (Å²) in [6, 6.07) is 11.2. The molecule has 8 heteroatoms. The van der Waals surface area contributed by atoms with Crippen LogP contribution < -0.4 is 15.4 Å².